The molecule has 0 saturated carbocycles. The molecule has 3 rings (SSSR count). The lowest BCUT2D eigenvalue weighted by Gasteiger charge is -2.18. The summed E-state index contributed by atoms with van der Waals surface area (Å²) < 4.78 is 3.00. The number of aliphatic imine (C=N–C) groups is 1. The molecule has 1 unspecified atom stereocenters. The first kappa shape index (κ1) is 20.9. The molecule has 2 aromatic heterocycles. The van der Waals surface area contributed by atoms with E-state index in [-0.39, 0.29) is 35.9 Å². The maximum Gasteiger partial charge on any atom is 0.222 e. The molecule has 0 bridgehead atoms. The Labute approximate surface area is 178 Å². The molecule has 1 amide bonds. The predicted octanol–water partition coefficient (Wildman–Crippen LogP) is 2.39. The maximum absolute atomic E-state index is 11.8. The van der Waals surface area contributed by atoms with E-state index in [9.17, 15) is 4.79 Å². The van der Waals surface area contributed by atoms with Gasteiger partial charge in [-0.1, -0.05) is 6.92 Å². The summed E-state index contributed by atoms with van der Waals surface area (Å²) in [6, 6.07) is 4.18. The number of aromatic nitrogens is 2. The summed E-state index contributed by atoms with van der Waals surface area (Å²) in [5.41, 5.74) is 1.85. The minimum Gasteiger partial charge on any atom is -0.352 e. The zero-order chi connectivity index (χ0) is 17.8. The van der Waals surface area contributed by atoms with E-state index in [0.29, 0.717) is 13.0 Å². The van der Waals surface area contributed by atoms with Crippen LogP contribution in [-0.2, 0) is 11.3 Å². The first-order valence-corrected chi connectivity index (χ1v) is 9.26. The number of pyridine rings is 1. The van der Waals surface area contributed by atoms with Gasteiger partial charge in [0, 0.05) is 49.5 Å². The number of guanidine groups is 1. The lowest BCUT2D eigenvalue weighted by atomic mass is 10.3. The molecule has 1 saturated heterocycles. The van der Waals surface area contributed by atoms with Gasteiger partial charge in [-0.3, -0.25) is 9.79 Å². The average Bonchev–Trinajstić information content (AvgIpc) is 3.23. The summed E-state index contributed by atoms with van der Waals surface area (Å²) in [4.78, 5) is 22.5. The van der Waals surface area contributed by atoms with Crippen LogP contribution in [0, 0.1) is 0 Å². The zero-order valence-corrected chi connectivity index (χ0v) is 18.8. The van der Waals surface area contributed by atoms with Gasteiger partial charge in [0.2, 0.25) is 5.91 Å². The van der Waals surface area contributed by atoms with E-state index in [2.05, 4.69) is 36.5 Å². The van der Waals surface area contributed by atoms with Crippen LogP contribution in [0.4, 0.5) is 0 Å². The van der Waals surface area contributed by atoms with Gasteiger partial charge in [0.25, 0.3) is 0 Å². The standard InChI is InChI=1S/C17H23BrN6O.HI/c1-3-16(25)23-7-6-13(10-23)22-17(19-2)20-8-14-11-24-9-12(18)4-5-15(24)21-14;/h4-5,9,11,13H,3,6-8,10H2,1-2H3,(H2,19,20,22);1H. The van der Waals surface area contributed by atoms with Crippen molar-refractivity contribution in [3.8, 4) is 0 Å². The van der Waals surface area contributed by atoms with Gasteiger partial charge in [0.05, 0.1) is 12.2 Å². The van der Waals surface area contributed by atoms with Crippen LogP contribution in [0.2, 0.25) is 0 Å². The lowest BCUT2D eigenvalue weighted by molar-refractivity contribution is -0.129. The van der Waals surface area contributed by atoms with Crippen LogP contribution in [-0.4, -0.2) is 52.3 Å². The Hall–Kier alpha value is -1.36. The van der Waals surface area contributed by atoms with Crippen LogP contribution in [0.15, 0.2) is 34.0 Å². The molecule has 1 aliphatic rings. The van der Waals surface area contributed by atoms with Crippen molar-refractivity contribution in [3.05, 3.63) is 34.7 Å². The third-order valence-electron chi connectivity index (χ3n) is 4.31. The van der Waals surface area contributed by atoms with Gasteiger partial charge in [-0.25, -0.2) is 4.98 Å². The Balaban J connectivity index is 0.00000243. The molecule has 1 fully saturated rings. The first-order valence-electron chi connectivity index (χ1n) is 8.47. The number of carbonyl (C=O) groups excluding carboxylic acids is 1. The molecular weight excluding hydrogens is 511 g/mol. The molecule has 142 valence electrons. The molecule has 1 atom stereocenters. The van der Waals surface area contributed by atoms with E-state index >= 15 is 0 Å². The lowest BCUT2D eigenvalue weighted by Crippen LogP contribution is -2.44. The van der Waals surface area contributed by atoms with Crippen molar-refractivity contribution >= 4 is 57.4 Å². The number of likely N-dealkylation sites (tertiary alicyclic amines) is 1. The Bertz CT molecular complexity index is 793. The zero-order valence-electron chi connectivity index (χ0n) is 14.9. The van der Waals surface area contributed by atoms with Gasteiger partial charge >= 0.3 is 0 Å². The highest BCUT2D eigenvalue weighted by molar-refractivity contribution is 14.0. The number of imidazole rings is 1. The van der Waals surface area contributed by atoms with Crippen molar-refractivity contribution in [1.29, 1.82) is 0 Å². The Morgan fingerprint density at radius 3 is 2.96 bits per heavy atom. The normalized spacial score (nSPS) is 17.3. The van der Waals surface area contributed by atoms with Crippen molar-refractivity contribution in [2.45, 2.75) is 32.4 Å². The minimum atomic E-state index is 0. The first-order chi connectivity index (χ1) is 12.1. The minimum absolute atomic E-state index is 0. The summed E-state index contributed by atoms with van der Waals surface area (Å²) in [5, 5.41) is 6.68. The highest BCUT2D eigenvalue weighted by Crippen LogP contribution is 2.13. The summed E-state index contributed by atoms with van der Waals surface area (Å²) in [7, 11) is 1.75. The highest BCUT2D eigenvalue weighted by atomic mass is 127. The van der Waals surface area contributed by atoms with Gasteiger partial charge in [0.1, 0.15) is 5.65 Å². The predicted molar refractivity (Wildman–Crippen MR) is 117 cm³/mol. The van der Waals surface area contributed by atoms with Crippen LogP contribution in [0.3, 0.4) is 0 Å². The molecule has 9 heteroatoms. The van der Waals surface area contributed by atoms with Crippen LogP contribution in [0.1, 0.15) is 25.5 Å². The van der Waals surface area contributed by atoms with E-state index in [1.807, 2.05) is 40.8 Å². The van der Waals surface area contributed by atoms with Crippen molar-refractivity contribution in [3.63, 3.8) is 0 Å². The molecule has 2 aromatic rings. The van der Waals surface area contributed by atoms with Crippen LogP contribution >= 0.6 is 39.9 Å². The molecule has 1 aliphatic heterocycles. The summed E-state index contributed by atoms with van der Waals surface area (Å²) >= 11 is 3.46. The third-order valence-corrected chi connectivity index (χ3v) is 4.78. The molecule has 7 nitrogen and oxygen atoms in total. The molecule has 2 N–H and O–H groups in total. The molecule has 26 heavy (non-hydrogen) atoms. The average molecular weight is 535 g/mol. The number of rotatable bonds is 4. The van der Waals surface area contributed by atoms with Gasteiger partial charge in [0.15, 0.2) is 5.96 Å². The van der Waals surface area contributed by atoms with Gasteiger partial charge in [-0.15, -0.1) is 24.0 Å². The Morgan fingerprint density at radius 1 is 1.42 bits per heavy atom. The fraction of sp³-hybridized carbons (Fsp3) is 0.471. The topological polar surface area (TPSA) is 74.0 Å². The van der Waals surface area contributed by atoms with Crippen LogP contribution in [0.5, 0.6) is 0 Å². The SMILES string of the molecule is CCC(=O)N1CCC(NC(=NC)NCc2cn3cc(Br)ccc3n2)C1.I. The monoisotopic (exact) mass is 534 g/mol. The maximum atomic E-state index is 11.8. The van der Waals surface area contributed by atoms with E-state index in [0.717, 1.165) is 41.3 Å². The summed E-state index contributed by atoms with van der Waals surface area (Å²) in [6.45, 7) is 4.03. The molecular formula is C17H24BrIN6O. The fourth-order valence-electron chi connectivity index (χ4n) is 2.99. The molecule has 0 spiro atoms. The quantitative estimate of drug-likeness (QED) is 0.359. The van der Waals surface area contributed by atoms with E-state index in [1.165, 1.54) is 0 Å². The second kappa shape index (κ2) is 9.54. The fourth-order valence-corrected chi connectivity index (χ4v) is 3.35. The molecule has 0 radical (unpaired) electrons. The number of amides is 1. The second-order valence-electron chi connectivity index (χ2n) is 6.09. The number of nitrogens with zero attached hydrogens (tertiary/aromatic N) is 4. The summed E-state index contributed by atoms with van der Waals surface area (Å²) in [5.74, 6) is 0.942. The second-order valence-corrected chi connectivity index (χ2v) is 7.01. The van der Waals surface area contributed by atoms with Crippen LogP contribution in [0.25, 0.3) is 5.65 Å². The van der Waals surface area contributed by atoms with Gasteiger partial charge < -0.3 is 19.9 Å². The Kier molecular flexibility index (Phi) is 7.69. The van der Waals surface area contributed by atoms with Crippen molar-refractivity contribution in [1.82, 2.24) is 24.9 Å². The van der Waals surface area contributed by atoms with Crippen molar-refractivity contribution in [2.24, 2.45) is 4.99 Å². The number of hydrogen-bond donors (Lipinski definition) is 2. The number of nitrogens with one attached hydrogen (secondary N) is 2. The summed E-state index contributed by atoms with van der Waals surface area (Å²) in [6.07, 6.45) is 5.48. The van der Waals surface area contributed by atoms with Crippen LogP contribution < -0.4 is 10.6 Å². The van der Waals surface area contributed by atoms with Gasteiger partial charge in [-0.2, -0.15) is 0 Å². The number of halogens is 2. The number of hydrogen-bond acceptors (Lipinski definition) is 3. The highest BCUT2D eigenvalue weighted by Gasteiger charge is 2.25. The Morgan fingerprint density at radius 2 is 2.23 bits per heavy atom. The number of carbonyl (C=O) groups is 1. The number of fused-ring (bicyclic) bond motifs is 1. The molecule has 0 aliphatic carbocycles. The smallest absolute Gasteiger partial charge is 0.222 e. The molecule has 3 heterocycles. The molecule has 0 aromatic carbocycles. The van der Waals surface area contributed by atoms with Crippen molar-refractivity contribution < 1.29 is 4.79 Å². The third kappa shape index (κ3) is 5.09. The van der Waals surface area contributed by atoms with E-state index in [1.54, 1.807) is 7.05 Å². The van der Waals surface area contributed by atoms with E-state index < -0.39 is 0 Å². The van der Waals surface area contributed by atoms with Crippen molar-refractivity contribution in [2.75, 3.05) is 20.1 Å². The van der Waals surface area contributed by atoms with Gasteiger partial charge in [-0.05, 0) is 34.5 Å². The van der Waals surface area contributed by atoms with E-state index in [4.69, 9.17) is 0 Å². The largest absolute Gasteiger partial charge is 0.352 e.